The lowest BCUT2D eigenvalue weighted by molar-refractivity contribution is -0.119. The smallest absolute Gasteiger partial charge is 0.248 e. The summed E-state index contributed by atoms with van der Waals surface area (Å²) in [6.07, 6.45) is 1.54. The molecule has 0 saturated heterocycles. The van der Waals surface area contributed by atoms with Gasteiger partial charge in [0, 0.05) is 25.8 Å². The number of nitrogens with one attached hydrogen (secondary N) is 1. The molecule has 0 aliphatic carbocycles. The lowest BCUT2D eigenvalue weighted by Gasteiger charge is -2.14. The molecule has 0 aromatic heterocycles. The van der Waals surface area contributed by atoms with Crippen molar-refractivity contribution >= 4 is 5.91 Å². The van der Waals surface area contributed by atoms with Gasteiger partial charge >= 0.3 is 0 Å². The van der Waals surface area contributed by atoms with Crippen LogP contribution in [0.3, 0.4) is 0 Å². The van der Waals surface area contributed by atoms with Crippen LogP contribution in [0, 0.1) is 17.8 Å². The summed E-state index contributed by atoms with van der Waals surface area (Å²) in [5.74, 6) is -3.28. The molecule has 0 aromatic rings. The van der Waals surface area contributed by atoms with Crippen molar-refractivity contribution in [3.8, 4) is 6.07 Å². The molecule has 0 bridgehead atoms. The SMILES string of the molecule is CCCC(F)(F)C[CH]C(=O)NCCCC#N. The Morgan fingerprint density at radius 3 is 2.81 bits per heavy atom. The maximum atomic E-state index is 13.0. The molecule has 0 rings (SSSR count). The van der Waals surface area contributed by atoms with Gasteiger partial charge in [-0.2, -0.15) is 5.26 Å². The second-order valence-corrected chi connectivity index (χ2v) is 3.57. The number of carbonyl (C=O) groups excluding carboxylic acids is 1. The van der Waals surface area contributed by atoms with Gasteiger partial charge < -0.3 is 5.32 Å². The van der Waals surface area contributed by atoms with E-state index >= 15 is 0 Å². The Labute approximate surface area is 94.8 Å². The van der Waals surface area contributed by atoms with Crippen LogP contribution >= 0.6 is 0 Å². The standard InChI is InChI=1S/C11H17F2N2O/c1-2-6-11(12,13)7-5-10(16)15-9-4-3-8-14/h5H,2-4,6-7,9H2,1H3,(H,15,16). The van der Waals surface area contributed by atoms with E-state index < -0.39 is 18.3 Å². The van der Waals surface area contributed by atoms with E-state index in [0.717, 1.165) is 6.42 Å². The van der Waals surface area contributed by atoms with E-state index in [1.54, 1.807) is 6.92 Å². The average Bonchev–Trinajstić information content (AvgIpc) is 2.22. The Kier molecular flexibility index (Phi) is 7.44. The molecule has 16 heavy (non-hydrogen) atoms. The highest BCUT2D eigenvalue weighted by Crippen LogP contribution is 2.25. The van der Waals surface area contributed by atoms with E-state index in [1.807, 2.05) is 6.07 Å². The second kappa shape index (κ2) is 8.03. The number of hydrogen-bond acceptors (Lipinski definition) is 2. The van der Waals surface area contributed by atoms with Gasteiger partial charge in [-0.15, -0.1) is 0 Å². The molecule has 0 heterocycles. The first kappa shape index (κ1) is 14.8. The highest BCUT2D eigenvalue weighted by molar-refractivity contribution is 5.84. The number of nitriles is 1. The van der Waals surface area contributed by atoms with Crippen LogP contribution in [-0.4, -0.2) is 18.4 Å². The predicted molar refractivity (Wildman–Crippen MR) is 56.6 cm³/mol. The minimum atomic E-state index is -2.79. The second-order valence-electron chi connectivity index (χ2n) is 3.57. The minimum absolute atomic E-state index is 0.203. The van der Waals surface area contributed by atoms with Crippen LogP contribution in [0.2, 0.25) is 0 Å². The van der Waals surface area contributed by atoms with Crippen LogP contribution in [-0.2, 0) is 4.79 Å². The Bertz CT molecular complexity index is 249. The number of amides is 1. The summed E-state index contributed by atoms with van der Waals surface area (Å²) in [7, 11) is 0. The molecule has 1 amide bonds. The van der Waals surface area contributed by atoms with E-state index in [0.29, 0.717) is 25.8 Å². The summed E-state index contributed by atoms with van der Waals surface area (Å²) in [5.41, 5.74) is 0. The molecule has 0 unspecified atom stereocenters. The Balaban J connectivity index is 3.61. The van der Waals surface area contributed by atoms with Crippen LogP contribution in [0.25, 0.3) is 0 Å². The van der Waals surface area contributed by atoms with Crippen molar-refractivity contribution in [2.75, 3.05) is 6.54 Å². The molecule has 91 valence electrons. The van der Waals surface area contributed by atoms with Crippen molar-refractivity contribution < 1.29 is 13.6 Å². The van der Waals surface area contributed by atoms with E-state index in [9.17, 15) is 13.6 Å². The predicted octanol–water partition coefficient (Wildman–Crippen LogP) is 2.44. The zero-order valence-corrected chi connectivity index (χ0v) is 9.43. The summed E-state index contributed by atoms with van der Waals surface area (Å²) in [4.78, 5) is 11.1. The highest BCUT2D eigenvalue weighted by atomic mass is 19.3. The van der Waals surface area contributed by atoms with Gasteiger partial charge in [-0.1, -0.05) is 13.3 Å². The van der Waals surface area contributed by atoms with Gasteiger partial charge in [0.05, 0.1) is 12.5 Å². The number of rotatable bonds is 8. The van der Waals surface area contributed by atoms with Crippen LogP contribution in [0.15, 0.2) is 0 Å². The number of nitrogens with zero attached hydrogens (tertiary/aromatic N) is 1. The van der Waals surface area contributed by atoms with Crippen molar-refractivity contribution in [2.45, 2.75) is 45.0 Å². The molecule has 1 radical (unpaired) electrons. The zero-order valence-electron chi connectivity index (χ0n) is 9.43. The maximum absolute atomic E-state index is 13.0. The van der Waals surface area contributed by atoms with Gasteiger partial charge in [0.25, 0.3) is 0 Å². The van der Waals surface area contributed by atoms with Crippen LogP contribution in [0.4, 0.5) is 8.78 Å². The lowest BCUT2D eigenvalue weighted by atomic mass is 10.1. The molecule has 0 aliphatic heterocycles. The van der Waals surface area contributed by atoms with Crippen molar-refractivity contribution in [1.82, 2.24) is 5.32 Å². The fourth-order valence-corrected chi connectivity index (χ4v) is 1.16. The van der Waals surface area contributed by atoms with Crippen LogP contribution in [0.5, 0.6) is 0 Å². The molecule has 5 heteroatoms. The number of hydrogen-bond donors (Lipinski definition) is 1. The summed E-state index contributed by atoms with van der Waals surface area (Å²) in [6.45, 7) is 2.03. The molecule has 0 fully saturated rings. The molecule has 0 atom stereocenters. The quantitative estimate of drug-likeness (QED) is 0.652. The molecule has 3 nitrogen and oxygen atoms in total. The van der Waals surface area contributed by atoms with Gasteiger partial charge in [0.15, 0.2) is 0 Å². The van der Waals surface area contributed by atoms with Crippen molar-refractivity contribution in [2.24, 2.45) is 0 Å². The average molecular weight is 231 g/mol. The summed E-state index contributed by atoms with van der Waals surface area (Å²) >= 11 is 0. The van der Waals surface area contributed by atoms with Crippen molar-refractivity contribution in [3.05, 3.63) is 6.42 Å². The van der Waals surface area contributed by atoms with Crippen LogP contribution < -0.4 is 5.32 Å². The largest absolute Gasteiger partial charge is 0.356 e. The first-order chi connectivity index (χ1) is 7.52. The molecule has 1 N–H and O–H groups in total. The number of carbonyl (C=O) groups is 1. The first-order valence-corrected chi connectivity index (χ1v) is 5.37. The van der Waals surface area contributed by atoms with Gasteiger partial charge in [0.2, 0.25) is 11.8 Å². The van der Waals surface area contributed by atoms with Crippen LogP contribution in [0.1, 0.15) is 39.0 Å². The Morgan fingerprint density at radius 2 is 2.25 bits per heavy atom. The van der Waals surface area contributed by atoms with E-state index in [1.165, 1.54) is 0 Å². The summed E-state index contributed by atoms with van der Waals surface area (Å²) < 4.78 is 25.9. The number of halogens is 2. The maximum Gasteiger partial charge on any atom is 0.248 e. The fourth-order valence-electron chi connectivity index (χ4n) is 1.16. The third-order valence-corrected chi connectivity index (χ3v) is 1.97. The molecule has 0 aliphatic rings. The van der Waals surface area contributed by atoms with Gasteiger partial charge in [-0.25, -0.2) is 8.78 Å². The molecular weight excluding hydrogens is 214 g/mol. The normalized spacial score (nSPS) is 10.9. The third kappa shape index (κ3) is 8.16. The Morgan fingerprint density at radius 1 is 1.56 bits per heavy atom. The Hall–Kier alpha value is -1.18. The van der Waals surface area contributed by atoms with Crippen molar-refractivity contribution in [3.63, 3.8) is 0 Å². The lowest BCUT2D eigenvalue weighted by Crippen LogP contribution is -2.27. The zero-order chi connectivity index (χ0) is 12.4. The monoisotopic (exact) mass is 231 g/mol. The van der Waals surface area contributed by atoms with E-state index in [-0.39, 0.29) is 6.42 Å². The molecule has 0 spiro atoms. The number of unbranched alkanes of at least 4 members (excludes halogenated alkanes) is 1. The fraction of sp³-hybridized carbons (Fsp3) is 0.727. The van der Waals surface area contributed by atoms with E-state index in [4.69, 9.17) is 5.26 Å². The van der Waals surface area contributed by atoms with Crippen molar-refractivity contribution in [1.29, 1.82) is 5.26 Å². The third-order valence-electron chi connectivity index (χ3n) is 1.97. The molecule has 0 saturated carbocycles. The highest BCUT2D eigenvalue weighted by Gasteiger charge is 2.28. The summed E-state index contributed by atoms with van der Waals surface area (Å²) in [5, 5.41) is 10.7. The first-order valence-electron chi connectivity index (χ1n) is 5.37. The van der Waals surface area contributed by atoms with E-state index in [2.05, 4.69) is 5.32 Å². The minimum Gasteiger partial charge on any atom is -0.356 e. The van der Waals surface area contributed by atoms with Gasteiger partial charge in [-0.3, -0.25) is 4.79 Å². The molecular formula is C11H17F2N2O. The van der Waals surface area contributed by atoms with Gasteiger partial charge in [0.1, 0.15) is 0 Å². The molecule has 0 aromatic carbocycles. The number of alkyl halides is 2. The topological polar surface area (TPSA) is 52.9 Å². The summed E-state index contributed by atoms with van der Waals surface area (Å²) in [6, 6.07) is 1.93. The van der Waals surface area contributed by atoms with Gasteiger partial charge in [-0.05, 0) is 6.42 Å².